The Morgan fingerprint density at radius 2 is 1.27 bits per heavy atom. The van der Waals surface area contributed by atoms with Crippen LogP contribution in [0.25, 0.3) is 0 Å². The van der Waals surface area contributed by atoms with Gasteiger partial charge < -0.3 is 0 Å². The van der Waals surface area contributed by atoms with Crippen LogP contribution in [0.2, 0.25) is 0 Å². The molecule has 11 heavy (non-hydrogen) atoms. The van der Waals surface area contributed by atoms with E-state index < -0.39 is 0 Å². The van der Waals surface area contributed by atoms with Crippen LogP contribution in [0.5, 0.6) is 0 Å². The maximum Gasteiger partial charge on any atom is 0.142 e. The summed E-state index contributed by atoms with van der Waals surface area (Å²) in [4.78, 5) is 0. The van der Waals surface area contributed by atoms with Gasteiger partial charge in [-0.2, -0.15) is 0 Å². The average Bonchev–Trinajstić information content (AvgIpc) is 1.97. The van der Waals surface area contributed by atoms with E-state index in [0.29, 0.717) is 0 Å². The van der Waals surface area contributed by atoms with Crippen molar-refractivity contribution in [3.05, 3.63) is 11.9 Å². The van der Waals surface area contributed by atoms with E-state index in [2.05, 4.69) is 0 Å². The van der Waals surface area contributed by atoms with Gasteiger partial charge in [-0.25, -0.2) is 4.39 Å². The molecule has 0 aliphatic heterocycles. The number of rotatable bonds is 0. The molecule has 0 saturated heterocycles. The summed E-state index contributed by atoms with van der Waals surface area (Å²) in [5.74, 6) is -0.0532. The quantitative estimate of drug-likeness (QED) is 0.319. The van der Waals surface area contributed by atoms with Crippen molar-refractivity contribution < 1.29 is 4.39 Å². The molecule has 0 aliphatic carbocycles. The van der Waals surface area contributed by atoms with Crippen molar-refractivity contribution in [1.29, 1.82) is 0 Å². The van der Waals surface area contributed by atoms with Gasteiger partial charge in [0.2, 0.25) is 0 Å². The van der Waals surface area contributed by atoms with Crippen LogP contribution in [0.1, 0.15) is 0 Å². The zero-order valence-electron chi connectivity index (χ0n) is 7.46. The third kappa shape index (κ3) is 1.37. The smallest absolute Gasteiger partial charge is 0.142 e. The lowest BCUT2D eigenvalue weighted by atomic mass is 9.70. The summed E-state index contributed by atoms with van der Waals surface area (Å²) in [5.41, 5.74) is 3.61. The van der Waals surface area contributed by atoms with Gasteiger partial charge in [0.1, 0.15) is 37.2 Å². The second-order valence-corrected chi connectivity index (χ2v) is 3.07. The molecular weight excluding hydrogens is 134 g/mol. The zero-order chi connectivity index (χ0) is 8.59. The van der Waals surface area contributed by atoms with E-state index in [9.17, 15) is 4.39 Å². The molecule has 0 amide bonds. The monoisotopic (exact) mass is 144 g/mol. The predicted octanol–water partition coefficient (Wildman–Crippen LogP) is -5.14. The van der Waals surface area contributed by atoms with E-state index in [4.69, 9.17) is 0 Å². The summed E-state index contributed by atoms with van der Waals surface area (Å²) >= 11 is 0. The predicted molar refractivity (Wildman–Crippen MR) is 59.1 cm³/mol. The zero-order valence-corrected chi connectivity index (χ0v) is 7.46. The molecule has 1 aromatic rings. The Morgan fingerprint density at radius 1 is 0.909 bits per heavy atom. The highest BCUT2D eigenvalue weighted by molar-refractivity contribution is 6.55. The van der Waals surface area contributed by atoms with E-state index in [0.717, 1.165) is 21.9 Å². The van der Waals surface area contributed by atoms with Crippen molar-refractivity contribution >= 4 is 53.2 Å². The normalized spacial score (nSPS) is 9.91. The minimum atomic E-state index is -0.0532. The minimum Gasteiger partial charge on any atom is -0.208 e. The summed E-state index contributed by atoms with van der Waals surface area (Å²) in [7, 11) is 7.50. The highest BCUT2D eigenvalue weighted by atomic mass is 19.1. The molecule has 1 rings (SSSR count). The van der Waals surface area contributed by atoms with Crippen molar-refractivity contribution in [2.75, 3.05) is 0 Å². The van der Waals surface area contributed by atoms with Gasteiger partial charge in [-0.3, -0.25) is 0 Å². The fourth-order valence-electron chi connectivity index (χ4n) is 1.17. The molecule has 0 radical (unpaired) electrons. The highest BCUT2D eigenvalue weighted by Gasteiger charge is 2.05. The SMILES string of the molecule is Bc1cc(B)c(B)c(F)c1B. The Hall–Kier alpha value is -0.590. The first-order valence-corrected chi connectivity index (χ1v) is 3.77. The van der Waals surface area contributed by atoms with Gasteiger partial charge in [0.25, 0.3) is 0 Å². The molecule has 0 spiro atoms. The Labute approximate surface area is 70.2 Å². The molecule has 0 bridgehead atoms. The van der Waals surface area contributed by atoms with Gasteiger partial charge in [-0.05, 0) is 0 Å². The molecule has 52 valence electrons. The first kappa shape index (κ1) is 8.51. The van der Waals surface area contributed by atoms with Crippen LogP contribution in [0.15, 0.2) is 6.07 Å². The lowest BCUT2D eigenvalue weighted by Crippen LogP contribution is -2.43. The fraction of sp³-hybridized carbons (Fsp3) is 0. The third-order valence-electron chi connectivity index (χ3n) is 2.27. The van der Waals surface area contributed by atoms with E-state index in [1.165, 1.54) is 0 Å². The maximum atomic E-state index is 13.3. The molecule has 0 nitrogen and oxygen atoms in total. The van der Waals surface area contributed by atoms with Gasteiger partial charge in [0.05, 0.1) is 0 Å². The summed E-state index contributed by atoms with van der Waals surface area (Å²) in [5, 5.41) is 0. The number of hydrogen-bond donors (Lipinski definition) is 0. The lowest BCUT2D eigenvalue weighted by molar-refractivity contribution is 0.645. The number of hydrogen-bond acceptors (Lipinski definition) is 0. The van der Waals surface area contributed by atoms with Crippen molar-refractivity contribution in [3.63, 3.8) is 0 Å². The molecule has 0 atom stereocenters. The number of benzene rings is 1. The van der Waals surface area contributed by atoms with Crippen LogP contribution in [0.4, 0.5) is 4.39 Å². The molecule has 5 heteroatoms. The van der Waals surface area contributed by atoms with E-state index in [-0.39, 0.29) is 5.82 Å². The van der Waals surface area contributed by atoms with Gasteiger partial charge in [-0.1, -0.05) is 27.9 Å². The largest absolute Gasteiger partial charge is 0.208 e. The number of halogens is 1. The minimum absolute atomic E-state index is 0.0532. The van der Waals surface area contributed by atoms with Gasteiger partial charge in [0.15, 0.2) is 0 Å². The Morgan fingerprint density at radius 3 is 1.64 bits per heavy atom. The first-order valence-electron chi connectivity index (χ1n) is 3.77. The van der Waals surface area contributed by atoms with Crippen LogP contribution in [-0.2, 0) is 0 Å². The molecule has 1 aromatic carbocycles. The molecule has 0 heterocycles. The summed E-state index contributed by atoms with van der Waals surface area (Å²) in [6, 6.07) is 2.02. The molecule has 0 aromatic heterocycles. The summed E-state index contributed by atoms with van der Waals surface area (Å²) < 4.78 is 13.3. The fourth-order valence-corrected chi connectivity index (χ4v) is 1.17. The second-order valence-electron chi connectivity index (χ2n) is 3.07. The van der Waals surface area contributed by atoms with E-state index >= 15 is 0 Å². The lowest BCUT2D eigenvalue weighted by Gasteiger charge is -2.08. The van der Waals surface area contributed by atoms with Crippen LogP contribution in [0, 0.1) is 5.82 Å². The van der Waals surface area contributed by atoms with Crippen LogP contribution >= 0.6 is 0 Å². The van der Waals surface area contributed by atoms with E-state index in [1.807, 2.05) is 37.5 Å². The summed E-state index contributed by atoms with van der Waals surface area (Å²) in [6.45, 7) is 0. The van der Waals surface area contributed by atoms with Crippen molar-refractivity contribution in [3.8, 4) is 0 Å². The Bertz CT molecular complexity index is 271. The first-order chi connectivity index (χ1) is 5.04. The molecule has 0 N–H and O–H groups in total. The molecule has 0 fully saturated rings. The van der Waals surface area contributed by atoms with Gasteiger partial charge >= 0.3 is 0 Å². The van der Waals surface area contributed by atoms with Crippen molar-refractivity contribution in [2.45, 2.75) is 0 Å². The van der Waals surface area contributed by atoms with Crippen LogP contribution in [0.3, 0.4) is 0 Å². The average molecular weight is 143 g/mol. The molecule has 0 aliphatic rings. The third-order valence-corrected chi connectivity index (χ3v) is 2.27. The molecule has 0 unspecified atom stereocenters. The standard InChI is InChI=1S/C6H9B4F/c7-2-1-3(8)5(10)6(11)4(2)9/h1H,7-10H2. The van der Waals surface area contributed by atoms with E-state index in [1.54, 1.807) is 0 Å². The van der Waals surface area contributed by atoms with Crippen LogP contribution in [-0.4, -0.2) is 31.4 Å². The second kappa shape index (κ2) is 2.80. The highest BCUT2D eigenvalue weighted by Crippen LogP contribution is 1.80. The van der Waals surface area contributed by atoms with Gasteiger partial charge in [-0.15, -0.1) is 0 Å². The van der Waals surface area contributed by atoms with Crippen LogP contribution < -0.4 is 21.9 Å². The summed E-state index contributed by atoms with van der Waals surface area (Å²) in [6.07, 6.45) is 0. The molecule has 0 saturated carbocycles. The maximum absolute atomic E-state index is 13.3. The van der Waals surface area contributed by atoms with Crippen molar-refractivity contribution in [2.24, 2.45) is 0 Å². The molecular formula is C6H9B4F. The Balaban J connectivity index is 3.46. The Kier molecular flexibility index (Phi) is 2.17. The van der Waals surface area contributed by atoms with Gasteiger partial charge in [0, 0.05) is 0 Å². The van der Waals surface area contributed by atoms with Crippen molar-refractivity contribution in [1.82, 2.24) is 0 Å². The topological polar surface area (TPSA) is 0 Å².